The molecule has 2 amide bonds. The highest BCUT2D eigenvalue weighted by Crippen LogP contribution is 2.25. The summed E-state index contributed by atoms with van der Waals surface area (Å²) in [5.74, 6) is 0.0967. The van der Waals surface area contributed by atoms with Gasteiger partial charge in [0.2, 0.25) is 5.91 Å². The Labute approximate surface area is 119 Å². The minimum Gasteiger partial charge on any atom is -0.273 e. The number of hydrazine groups is 1. The Bertz CT molecular complexity index is 462. The van der Waals surface area contributed by atoms with Crippen molar-refractivity contribution < 1.29 is 9.59 Å². The second kappa shape index (κ2) is 7.08. The largest absolute Gasteiger partial charge is 0.273 e. The summed E-state index contributed by atoms with van der Waals surface area (Å²) in [4.78, 5) is 23.6. The van der Waals surface area contributed by atoms with E-state index < -0.39 is 0 Å². The van der Waals surface area contributed by atoms with Crippen LogP contribution in [0.5, 0.6) is 0 Å². The van der Waals surface area contributed by atoms with Crippen LogP contribution in [0.2, 0.25) is 0 Å². The van der Waals surface area contributed by atoms with Gasteiger partial charge in [0.1, 0.15) is 0 Å². The Balaban J connectivity index is 1.75. The molecule has 2 rings (SSSR count). The van der Waals surface area contributed by atoms with Crippen molar-refractivity contribution in [3.05, 3.63) is 35.4 Å². The monoisotopic (exact) mass is 274 g/mol. The third-order valence-electron chi connectivity index (χ3n) is 3.83. The molecule has 0 bridgehead atoms. The van der Waals surface area contributed by atoms with Crippen molar-refractivity contribution >= 4 is 11.8 Å². The Kier molecular flexibility index (Phi) is 5.16. The SMILES string of the molecule is Cc1ccc(C(=O)NNC(=O)CC2CCCCC2)cc1. The fourth-order valence-electron chi connectivity index (χ4n) is 2.61. The molecule has 0 heterocycles. The maximum Gasteiger partial charge on any atom is 0.269 e. The normalized spacial score (nSPS) is 15.7. The van der Waals surface area contributed by atoms with Crippen LogP contribution in [0.25, 0.3) is 0 Å². The average molecular weight is 274 g/mol. The molecule has 0 radical (unpaired) electrons. The fourth-order valence-corrected chi connectivity index (χ4v) is 2.61. The molecule has 20 heavy (non-hydrogen) atoms. The van der Waals surface area contributed by atoms with E-state index in [1.54, 1.807) is 12.1 Å². The Morgan fingerprint density at radius 3 is 2.35 bits per heavy atom. The van der Waals surface area contributed by atoms with Crippen LogP contribution in [0.1, 0.15) is 54.4 Å². The number of hydrogen-bond acceptors (Lipinski definition) is 2. The second-order valence-electron chi connectivity index (χ2n) is 5.58. The standard InChI is InChI=1S/C16H22N2O2/c1-12-7-9-14(10-8-12)16(20)18-17-15(19)11-13-5-3-2-4-6-13/h7-10,13H,2-6,11H2,1H3,(H,17,19)(H,18,20). The average Bonchev–Trinajstić information content (AvgIpc) is 2.46. The van der Waals surface area contributed by atoms with Crippen molar-refractivity contribution in [2.45, 2.75) is 45.4 Å². The van der Waals surface area contributed by atoms with Gasteiger partial charge in [0.15, 0.2) is 0 Å². The first-order chi connectivity index (χ1) is 9.65. The Morgan fingerprint density at radius 2 is 1.70 bits per heavy atom. The lowest BCUT2D eigenvalue weighted by Gasteiger charge is -2.20. The predicted molar refractivity (Wildman–Crippen MR) is 78.0 cm³/mol. The highest BCUT2D eigenvalue weighted by molar-refractivity contribution is 5.95. The van der Waals surface area contributed by atoms with E-state index in [9.17, 15) is 9.59 Å². The van der Waals surface area contributed by atoms with E-state index in [2.05, 4.69) is 10.9 Å². The van der Waals surface area contributed by atoms with Crippen molar-refractivity contribution in [2.24, 2.45) is 5.92 Å². The van der Waals surface area contributed by atoms with E-state index in [0.29, 0.717) is 17.9 Å². The van der Waals surface area contributed by atoms with E-state index in [1.165, 1.54) is 19.3 Å². The summed E-state index contributed by atoms with van der Waals surface area (Å²) in [6.45, 7) is 1.97. The molecule has 0 saturated heterocycles. The Morgan fingerprint density at radius 1 is 1.05 bits per heavy atom. The van der Waals surface area contributed by atoms with Gasteiger partial charge in [0, 0.05) is 12.0 Å². The van der Waals surface area contributed by atoms with Gasteiger partial charge in [-0.15, -0.1) is 0 Å². The van der Waals surface area contributed by atoms with Gasteiger partial charge in [-0.05, 0) is 37.8 Å². The zero-order valence-corrected chi connectivity index (χ0v) is 11.9. The summed E-state index contributed by atoms with van der Waals surface area (Å²) < 4.78 is 0. The molecule has 4 nitrogen and oxygen atoms in total. The molecule has 1 aromatic rings. The first-order valence-corrected chi connectivity index (χ1v) is 7.31. The van der Waals surface area contributed by atoms with Crippen LogP contribution >= 0.6 is 0 Å². The van der Waals surface area contributed by atoms with Crippen LogP contribution in [0, 0.1) is 12.8 Å². The smallest absolute Gasteiger partial charge is 0.269 e. The molecule has 2 N–H and O–H groups in total. The molecule has 108 valence electrons. The van der Waals surface area contributed by atoms with Crippen LogP contribution in [-0.2, 0) is 4.79 Å². The highest BCUT2D eigenvalue weighted by atomic mass is 16.2. The molecular weight excluding hydrogens is 252 g/mol. The van der Waals surface area contributed by atoms with Gasteiger partial charge in [0.05, 0.1) is 0 Å². The quantitative estimate of drug-likeness (QED) is 0.833. The molecule has 1 aliphatic rings. The number of aryl methyl sites for hydroxylation is 1. The van der Waals surface area contributed by atoms with E-state index >= 15 is 0 Å². The van der Waals surface area contributed by atoms with Crippen molar-refractivity contribution in [3.63, 3.8) is 0 Å². The first kappa shape index (κ1) is 14.6. The van der Waals surface area contributed by atoms with Gasteiger partial charge >= 0.3 is 0 Å². The summed E-state index contributed by atoms with van der Waals surface area (Å²) in [6, 6.07) is 7.24. The van der Waals surface area contributed by atoms with E-state index in [-0.39, 0.29) is 11.8 Å². The van der Waals surface area contributed by atoms with E-state index in [0.717, 1.165) is 18.4 Å². The highest BCUT2D eigenvalue weighted by Gasteiger charge is 2.17. The van der Waals surface area contributed by atoms with Gasteiger partial charge in [-0.25, -0.2) is 0 Å². The maximum atomic E-state index is 11.8. The van der Waals surface area contributed by atoms with Crippen molar-refractivity contribution in [1.29, 1.82) is 0 Å². The fraction of sp³-hybridized carbons (Fsp3) is 0.500. The van der Waals surface area contributed by atoms with Crippen LogP contribution in [0.15, 0.2) is 24.3 Å². The predicted octanol–water partition coefficient (Wildman–Crippen LogP) is 2.73. The summed E-state index contributed by atoms with van der Waals surface area (Å²) >= 11 is 0. The first-order valence-electron chi connectivity index (χ1n) is 7.31. The molecule has 1 aromatic carbocycles. The maximum absolute atomic E-state index is 11.8. The van der Waals surface area contributed by atoms with Crippen molar-refractivity contribution in [1.82, 2.24) is 10.9 Å². The van der Waals surface area contributed by atoms with Crippen LogP contribution in [0.3, 0.4) is 0 Å². The third-order valence-corrected chi connectivity index (χ3v) is 3.83. The van der Waals surface area contributed by atoms with Gasteiger partial charge < -0.3 is 0 Å². The number of carbonyl (C=O) groups excluding carboxylic acids is 2. The molecule has 1 saturated carbocycles. The van der Waals surface area contributed by atoms with Gasteiger partial charge in [-0.1, -0.05) is 37.0 Å². The number of amides is 2. The molecule has 0 aromatic heterocycles. The van der Waals surface area contributed by atoms with Crippen molar-refractivity contribution in [2.75, 3.05) is 0 Å². The lowest BCUT2D eigenvalue weighted by atomic mass is 9.87. The molecule has 4 heteroatoms. The topological polar surface area (TPSA) is 58.2 Å². The lowest BCUT2D eigenvalue weighted by Crippen LogP contribution is -2.42. The lowest BCUT2D eigenvalue weighted by molar-refractivity contribution is -0.123. The minimum absolute atomic E-state index is 0.0997. The van der Waals surface area contributed by atoms with Gasteiger partial charge in [0.25, 0.3) is 5.91 Å². The second-order valence-corrected chi connectivity index (χ2v) is 5.58. The number of benzene rings is 1. The summed E-state index contributed by atoms with van der Waals surface area (Å²) in [6.07, 6.45) is 6.47. The summed E-state index contributed by atoms with van der Waals surface area (Å²) in [7, 11) is 0. The van der Waals surface area contributed by atoms with Crippen LogP contribution in [-0.4, -0.2) is 11.8 Å². The molecule has 1 fully saturated rings. The molecular formula is C16H22N2O2. The molecule has 0 atom stereocenters. The third kappa shape index (κ3) is 4.37. The zero-order valence-electron chi connectivity index (χ0n) is 11.9. The molecule has 0 spiro atoms. The zero-order chi connectivity index (χ0) is 14.4. The van der Waals surface area contributed by atoms with Gasteiger partial charge in [-0.3, -0.25) is 20.4 Å². The molecule has 0 aliphatic heterocycles. The number of rotatable bonds is 3. The van der Waals surface area contributed by atoms with E-state index in [1.807, 2.05) is 19.1 Å². The Hall–Kier alpha value is -1.84. The van der Waals surface area contributed by atoms with Gasteiger partial charge in [-0.2, -0.15) is 0 Å². The van der Waals surface area contributed by atoms with Crippen LogP contribution < -0.4 is 10.9 Å². The number of nitrogens with one attached hydrogen (secondary N) is 2. The number of hydrogen-bond donors (Lipinski definition) is 2. The van der Waals surface area contributed by atoms with Crippen molar-refractivity contribution in [3.8, 4) is 0 Å². The molecule has 1 aliphatic carbocycles. The van der Waals surface area contributed by atoms with E-state index in [4.69, 9.17) is 0 Å². The minimum atomic E-state index is -0.276. The summed E-state index contributed by atoms with van der Waals surface area (Å²) in [5, 5.41) is 0. The summed E-state index contributed by atoms with van der Waals surface area (Å²) in [5.41, 5.74) is 6.62. The van der Waals surface area contributed by atoms with Crippen LogP contribution in [0.4, 0.5) is 0 Å². The molecule has 0 unspecified atom stereocenters. The number of carbonyl (C=O) groups is 2.